The van der Waals surface area contributed by atoms with E-state index in [1.54, 1.807) is 0 Å². The summed E-state index contributed by atoms with van der Waals surface area (Å²) in [5, 5.41) is 4.45. The standard InChI is InChI=1S/C7H16BrN/c1-4-9-7(3)6(2)5-8/h6-7,9H,4-5H2,1-3H3. The van der Waals surface area contributed by atoms with E-state index in [9.17, 15) is 0 Å². The van der Waals surface area contributed by atoms with Crippen LogP contribution in [0.15, 0.2) is 0 Å². The van der Waals surface area contributed by atoms with Gasteiger partial charge in [0.1, 0.15) is 0 Å². The van der Waals surface area contributed by atoms with Crippen molar-refractivity contribution in [1.29, 1.82) is 0 Å². The van der Waals surface area contributed by atoms with Gasteiger partial charge in [-0.3, -0.25) is 0 Å². The molecule has 9 heavy (non-hydrogen) atoms. The second kappa shape index (κ2) is 5.24. The van der Waals surface area contributed by atoms with Crippen molar-refractivity contribution >= 4 is 15.9 Å². The van der Waals surface area contributed by atoms with Crippen molar-refractivity contribution in [2.24, 2.45) is 5.92 Å². The minimum absolute atomic E-state index is 0.634. The molecule has 2 heteroatoms. The first-order valence-corrected chi connectivity index (χ1v) is 4.63. The van der Waals surface area contributed by atoms with Crippen molar-refractivity contribution in [2.75, 3.05) is 11.9 Å². The van der Waals surface area contributed by atoms with Crippen LogP contribution in [0, 0.1) is 5.92 Å². The van der Waals surface area contributed by atoms with Crippen LogP contribution in [-0.2, 0) is 0 Å². The Bertz CT molecular complexity index is 65.9. The largest absolute Gasteiger partial charge is 0.314 e. The van der Waals surface area contributed by atoms with Gasteiger partial charge in [0.25, 0.3) is 0 Å². The minimum atomic E-state index is 0.634. The fourth-order valence-electron chi connectivity index (χ4n) is 0.657. The molecule has 0 radical (unpaired) electrons. The Morgan fingerprint density at radius 1 is 1.44 bits per heavy atom. The quantitative estimate of drug-likeness (QED) is 0.675. The van der Waals surface area contributed by atoms with Crippen LogP contribution in [0.4, 0.5) is 0 Å². The fraction of sp³-hybridized carbons (Fsp3) is 1.00. The minimum Gasteiger partial charge on any atom is -0.314 e. The van der Waals surface area contributed by atoms with Crippen LogP contribution < -0.4 is 5.32 Å². The highest BCUT2D eigenvalue weighted by atomic mass is 79.9. The van der Waals surface area contributed by atoms with Crippen molar-refractivity contribution in [3.05, 3.63) is 0 Å². The van der Waals surface area contributed by atoms with E-state index in [0.717, 1.165) is 17.8 Å². The van der Waals surface area contributed by atoms with Crippen molar-refractivity contribution < 1.29 is 0 Å². The van der Waals surface area contributed by atoms with Crippen molar-refractivity contribution in [2.45, 2.75) is 26.8 Å². The van der Waals surface area contributed by atoms with Gasteiger partial charge >= 0.3 is 0 Å². The monoisotopic (exact) mass is 193 g/mol. The smallest absolute Gasteiger partial charge is 0.00722 e. The number of rotatable bonds is 4. The summed E-state index contributed by atoms with van der Waals surface area (Å²) < 4.78 is 0. The molecule has 0 aliphatic heterocycles. The molecule has 1 N–H and O–H groups in total. The van der Waals surface area contributed by atoms with E-state index in [0.29, 0.717) is 6.04 Å². The lowest BCUT2D eigenvalue weighted by Gasteiger charge is -2.17. The predicted octanol–water partition coefficient (Wildman–Crippen LogP) is 2.02. The van der Waals surface area contributed by atoms with Gasteiger partial charge in [0.15, 0.2) is 0 Å². The molecule has 0 rings (SSSR count). The highest BCUT2D eigenvalue weighted by molar-refractivity contribution is 9.09. The average Bonchev–Trinajstić information content (AvgIpc) is 1.87. The molecule has 0 aromatic rings. The van der Waals surface area contributed by atoms with E-state index in [2.05, 4.69) is 42.0 Å². The molecule has 56 valence electrons. The lowest BCUT2D eigenvalue weighted by Crippen LogP contribution is -2.32. The van der Waals surface area contributed by atoms with E-state index >= 15 is 0 Å². The first-order chi connectivity index (χ1) is 4.22. The molecule has 0 heterocycles. The Kier molecular flexibility index (Phi) is 5.50. The summed E-state index contributed by atoms with van der Waals surface area (Å²) in [7, 11) is 0. The van der Waals surface area contributed by atoms with Crippen LogP contribution in [0.1, 0.15) is 20.8 Å². The van der Waals surface area contributed by atoms with Crippen molar-refractivity contribution in [3.8, 4) is 0 Å². The van der Waals surface area contributed by atoms with Gasteiger partial charge in [-0.1, -0.05) is 29.8 Å². The molecule has 1 nitrogen and oxygen atoms in total. The second-order valence-electron chi connectivity index (χ2n) is 2.48. The summed E-state index contributed by atoms with van der Waals surface area (Å²) >= 11 is 3.45. The van der Waals surface area contributed by atoms with Gasteiger partial charge in [0, 0.05) is 11.4 Å². The van der Waals surface area contributed by atoms with Crippen LogP contribution in [0.3, 0.4) is 0 Å². The number of halogens is 1. The maximum atomic E-state index is 3.45. The van der Waals surface area contributed by atoms with Gasteiger partial charge in [-0.15, -0.1) is 0 Å². The van der Waals surface area contributed by atoms with Gasteiger partial charge in [0.05, 0.1) is 0 Å². The summed E-state index contributed by atoms with van der Waals surface area (Å²) in [6.07, 6.45) is 0. The maximum Gasteiger partial charge on any atom is 0.00722 e. The fourth-order valence-corrected chi connectivity index (χ4v) is 1.22. The molecule has 0 aromatic heterocycles. The molecule has 0 saturated carbocycles. The Balaban J connectivity index is 3.32. The molecule has 0 spiro atoms. The van der Waals surface area contributed by atoms with Crippen LogP contribution in [0.5, 0.6) is 0 Å². The first kappa shape index (κ1) is 9.44. The van der Waals surface area contributed by atoms with Crippen molar-refractivity contribution in [3.63, 3.8) is 0 Å². The summed E-state index contributed by atoms with van der Waals surface area (Å²) in [5.74, 6) is 0.727. The Morgan fingerprint density at radius 3 is 2.33 bits per heavy atom. The van der Waals surface area contributed by atoms with Gasteiger partial charge in [-0.2, -0.15) is 0 Å². The number of nitrogens with one attached hydrogen (secondary N) is 1. The zero-order valence-electron chi connectivity index (χ0n) is 6.45. The molecule has 0 bridgehead atoms. The third-order valence-electron chi connectivity index (χ3n) is 1.62. The first-order valence-electron chi connectivity index (χ1n) is 3.51. The Labute approximate surface area is 66.3 Å². The SMILES string of the molecule is CCNC(C)C(C)CBr. The van der Waals surface area contributed by atoms with Crippen LogP contribution in [0.2, 0.25) is 0 Å². The third kappa shape index (κ3) is 3.93. The third-order valence-corrected chi connectivity index (χ3v) is 2.64. The van der Waals surface area contributed by atoms with Gasteiger partial charge in [-0.05, 0) is 19.4 Å². The highest BCUT2D eigenvalue weighted by Crippen LogP contribution is 2.04. The summed E-state index contributed by atoms with van der Waals surface area (Å²) in [6.45, 7) is 7.66. The molecular weight excluding hydrogens is 178 g/mol. The van der Waals surface area contributed by atoms with Crippen LogP contribution >= 0.6 is 15.9 Å². The normalized spacial score (nSPS) is 17.3. The lowest BCUT2D eigenvalue weighted by molar-refractivity contribution is 0.445. The molecule has 0 aromatic carbocycles. The highest BCUT2D eigenvalue weighted by Gasteiger charge is 2.07. The van der Waals surface area contributed by atoms with E-state index in [4.69, 9.17) is 0 Å². The average molecular weight is 194 g/mol. The molecule has 0 saturated heterocycles. The Morgan fingerprint density at radius 2 is 2.00 bits per heavy atom. The lowest BCUT2D eigenvalue weighted by atomic mass is 10.1. The molecule has 2 atom stereocenters. The number of alkyl halides is 1. The predicted molar refractivity (Wildman–Crippen MR) is 46.1 cm³/mol. The summed E-state index contributed by atoms with van der Waals surface area (Å²) in [5.41, 5.74) is 0. The topological polar surface area (TPSA) is 12.0 Å². The number of hydrogen-bond donors (Lipinski definition) is 1. The van der Waals surface area contributed by atoms with E-state index in [1.165, 1.54) is 0 Å². The zero-order valence-corrected chi connectivity index (χ0v) is 8.03. The molecular formula is C7H16BrN. The van der Waals surface area contributed by atoms with Crippen molar-refractivity contribution in [1.82, 2.24) is 5.32 Å². The zero-order chi connectivity index (χ0) is 7.28. The Hall–Kier alpha value is 0.440. The molecule has 0 aliphatic rings. The van der Waals surface area contributed by atoms with Crippen LogP contribution in [0.25, 0.3) is 0 Å². The van der Waals surface area contributed by atoms with Gasteiger partial charge in [0.2, 0.25) is 0 Å². The van der Waals surface area contributed by atoms with E-state index < -0.39 is 0 Å². The molecule has 0 amide bonds. The van der Waals surface area contributed by atoms with E-state index in [1.807, 2.05) is 0 Å². The summed E-state index contributed by atoms with van der Waals surface area (Å²) in [4.78, 5) is 0. The van der Waals surface area contributed by atoms with Crippen LogP contribution in [-0.4, -0.2) is 17.9 Å². The summed E-state index contributed by atoms with van der Waals surface area (Å²) in [6, 6.07) is 0.634. The maximum absolute atomic E-state index is 3.45. The molecule has 0 fully saturated rings. The second-order valence-corrected chi connectivity index (χ2v) is 3.13. The van der Waals surface area contributed by atoms with E-state index in [-0.39, 0.29) is 0 Å². The number of hydrogen-bond acceptors (Lipinski definition) is 1. The molecule has 2 unspecified atom stereocenters. The van der Waals surface area contributed by atoms with Gasteiger partial charge in [-0.25, -0.2) is 0 Å². The van der Waals surface area contributed by atoms with Gasteiger partial charge < -0.3 is 5.32 Å². The molecule has 0 aliphatic carbocycles.